The lowest BCUT2D eigenvalue weighted by Gasteiger charge is -2.35. The van der Waals surface area contributed by atoms with Gasteiger partial charge in [0.15, 0.2) is 0 Å². The molecule has 0 aromatic heterocycles. The largest absolute Gasteiger partial charge is 0.392 e. The van der Waals surface area contributed by atoms with Gasteiger partial charge in [0, 0.05) is 12.1 Å². The summed E-state index contributed by atoms with van der Waals surface area (Å²) in [6.45, 7) is 5.50. The van der Waals surface area contributed by atoms with Gasteiger partial charge in [-0.3, -0.25) is 19.2 Å². The van der Waals surface area contributed by atoms with Crippen LogP contribution >= 0.6 is 11.6 Å². The summed E-state index contributed by atoms with van der Waals surface area (Å²) in [6, 6.07) is 6.20. The Balaban J connectivity index is 1.66. The first-order chi connectivity index (χ1) is 13.5. The van der Waals surface area contributed by atoms with E-state index >= 15 is 0 Å². The third-order valence-electron chi connectivity index (χ3n) is 5.28. The standard InChI is InChI=1S/C19H23ClN5O3/c1-3-24-15-16(21-18(24)23-8-10-28-11-9-23)22(2)19(27)25(17(15)26)12-13-4-6-14(20)7-5-13/h4-7,15H,3,8-12H2,1-2H3/q+1. The molecule has 4 rings (SSSR count). The van der Waals surface area contributed by atoms with E-state index in [1.807, 2.05) is 24.0 Å². The Morgan fingerprint density at radius 2 is 1.89 bits per heavy atom. The van der Waals surface area contributed by atoms with E-state index < -0.39 is 6.04 Å². The number of aliphatic imine (C=N–C) groups is 1. The van der Waals surface area contributed by atoms with E-state index in [1.165, 1.54) is 9.80 Å². The molecule has 3 aliphatic rings. The number of urea groups is 1. The molecular weight excluding hydrogens is 382 g/mol. The zero-order valence-electron chi connectivity index (χ0n) is 16.0. The zero-order valence-corrected chi connectivity index (χ0v) is 16.7. The van der Waals surface area contributed by atoms with Crippen molar-refractivity contribution in [3.63, 3.8) is 0 Å². The summed E-state index contributed by atoms with van der Waals surface area (Å²) in [4.78, 5) is 35.6. The summed E-state index contributed by atoms with van der Waals surface area (Å²) in [6.07, 6.45) is 0. The molecule has 0 radical (unpaired) electrons. The maximum absolute atomic E-state index is 13.3. The molecule has 1 aromatic carbocycles. The van der Waals surface area contributed by atoms with E-state index in [2.05, 4.69) is 4.58 Å². The number of hydrogen-bond acceptors (Lipinski definition) is 3. The third kappa shape index (κ3) is 3.16. The fourth-order valence-electron chi connectivity index (χ4n) is 3.76. The number of halogens is 1. The average Bonchev–Trinajstić information content (AvgIpc) is 3.11. The highest BCUT2D eigenvalue weighted by Crippen LogP contribution is 2.25. The summed E-state index contributed by atoms with van der Waals surface area (Å²) in [7, 11) is 1.67. The normalized spacial score (nSPS) is 22.8. The number of amidine groups is 1. The van der Waals surface area contributed by atoms with Crippen molar-refractivity contribution < 1.29 is 18.9 Å². The van der Waals surface area contributed by atoms with E-state index in [-0.39, 0.29) is 18.5 Å². The van der Waals surface area contributed by atoms with Gasteiger partial charge in [-0.15, -0.1) is 0 Å². The molecule has 28 heavy (non-hydrogen) atoms. The quantitative estimate of drug-likeness (QED) is 0.711. The smallest absolute Gasteiger partial charge is 0.375 e. The van der Waals surface area contributed by atoms with Crippen molar-refractivity contribution in [1.82, 2.24) is 14.7 Å². The molecule has 2 saturated heterocycles. The number of benzene rings is 1. The van der Waals surface area contributed by atoms with Crippen LogP contribution in [0.5, 0.6) is 0 Å². The van der Waals surface area contributed by atoms with Crippen LogP contribution in [0.3, 0.4) is 0 Å². The summed E-state index contributed by atoms with van der Waals surface area (Å²) < 4.78 is 7.55. The van der Waals surface area contributed by atoms with Gasteiger partial charge in [-0.2, -0.15) is 0 Å². The number of imide groups is 1. The van der Waals surface area contributed by atoms with Crippen LogP contribution in [0.2, 0.25) is 5.02 Å². The molecule has 3 amide bonds. The van der Waals surface area contributed by atoms with Gasteiger partial charge >= 0.3 is 12.0 Å². The minimum atomic E-state index is -0.585. The van der Waals surface area contributed by atoms with Crippen LogP contribution in [0.15, 0.2) is 29.3 Å². The van der Waals surface area contributed by atoms with Crippen molar-refractivity contribution in [1.29, 1.82) is 0 Å². The molecule has 9 heteroatoms. The Labute approximate surface area is 168 Å². The Kier molecular flexibility index (Phi) is 5.07. The number of fused-ring (bicyclic) bond motifs is 1. The molecule has 148 valence electrons. The first-order valence-corrected chi connectivity index (χ1v) is 9.77. The lowest BCUT2D eigenvalue weighted by molar-refractivity contribution is -0.554. The molecule has 2 fully saturated rings. The van der Waals surface area contributed by atoms with Crippen LogP contribution in [-0.2, 0) is 16.1 Å². The summed E-state index contributed by atoms with van der Waals surface area (Å²) >= 11 is 5.94. The highest BCUT2D eigenvalue weighted by atomic mass is 35.5. The monoisotopic (exact) mass is 404 g/mol. The molecular formula is C19H23ClN5O3+. The number of ether oxygens (including phenoxy) is 1. The van der Waals surface area contributed by atoms with Gasteiger partial charge in [0.25, 0.3) is 5.91 Å². The minimum Gasteiger partial charge on any atom is -0.375 e. The molecule has 0 aliphatic carbocycles. The summed E-state index contributed by atoms with van der Waals surface area (Å²) in [5.41, 5.74) is 0.846. The van der Waals surface area contributed by atoms with Crippen molar-refractivity contribution >= 4 is 35.3 Å². The molecule has 3 heterocycles. The highest BCUT2D eigenvalue weighted by Gasteiger charge is 2.55. The molecule has 0 spiro atoms. The van der Waals surface area contributed by atoms with E-state index in [1.54, 1.807) is 19.2 Å². The molecule has 1 aromatic rings. The average molecular weight is 405 g/mol. The van der Waals surface area contributed by atoms with Gasteiger partial charge in [0.2, 0.25) is 11.9 Å². The summed E-state index contributed by atoms with van der Waals surface area (Å²) in [5.74, 6) is 0.986. The molecule has 3 aliphatic heterocycles. The Hall–Kier alpha value is -2.45. The first kappa shape index (κ1) is 18.9. The van der Waals surface area contributed by atoms with Crippen molar-refractivity contribution in [2.24, 2.45) is 4.99 Å². The Morgan fingerprint density at radius 1 is 1.21 bits per heavy atom. The number of guanidine groups is 1. The maximum Gasteiger partial charge on any atom is 0.392 e. The molecule has 1 atom stereocenters. The topological polar surface area (TPSA) is 68.5 Å². The second-order valence-electron chi connectivity index (χ2n) is 6.95. The van der Waals surface area contributed by atoms with Crippen molar-refractivity contribution in [2.45, 2.75) is 19.5 Å². The fourth-order valence-corrected chi connectivity index (χ4v) is 3.89. The molecule has 8 nitrogen and oxygen atoms in total. The van der Waals surface area contributed by atoms with Crippen molar-refractivity contribution in [3.8, 4) is 0 Å². The maximum atomic E-state index is 13.3. The molecule has 0 saturated carbocycles. The van der Waals surface area contributed by atoms with E-state index in [9.17, 15) is 9.59 Å². The van der Waals surface area contributed by atoms with Gasteiger partial charge < -0.3 is 4.74 Å². The molecule has 0 N–H and O–H groups in total. The van der Waals surface area contributed by atoms with Gasteiger partial charge in [-0.25, -0.2) is 9.69 Å². The second-order valence-corrected chi connectivity index (χ2v) is 7.39. The fraction of sp³-hybridized carbons (Fsp3) is 0.474. The summed E-state index contributed by atoms with van der Waals surface area (Å²) in [5, 5.41) is 0.615. The predicted octanol–water partition coefficient (Wildman–Crippen LogP) is 1.24. The lowest BCUT2D eigenvalue weighted by Crippen LogP contribution is -2.63. The Bertz CT molecular complexity index is 859. The van der Waals surface area contributed by atoms with Crippen LogP contribution in [0.25, 0.3) is 0 Å². The number of morpholine rings is 1. The van der Waals surface area contributed by atoms with E-state index in [0.29, 0.717) is 30.6 Å². The van der Waals surface area contributed by atoms with Crippen LogP contribution in [0.4, 0.5) is 4.79 Å². The number of likely N-dealkylation sites (N-methyl/N-ethyl adjacent to an activating group) is 2. The minimum absolute atomic E-state index is 0.202. The Morgan fingerprint density at radius 3 is 2.54 bits per heavy atom. The number of carbonyl (C=O) groups excluding carboxylic acids is 2. The first-order valence-electron chi connectivity index (χ1n) is 9.39. The van der Waals surface area contributed by atoms with Gasteiger partial charge in [-0.05, 0) is 24.6 Å². The van der Waals surface area contributed by atoms with Gasteiger partial charge in [-0.1, -0.05) is 28.7 Å². The van der Waals surface area contributed by atoms with E-state index in [0.717, 1.165) is 24.6 Å². The lowest BCUT2D eigenvalue weighted by atomic mass is 10.1. The third-order valence-corrected chi connectivity index (χ3v) is 5.53. The second kappa shape index (κ2) is 7.52. The van der Waals surface area contributed by atoms with Gasteiger partial charge in [0.05, 0.1) is 39.4 Å². The number of rotatable bonds is 3. The van der Waals surface area contributed by atoms with Gasteiger partial charge in [0.1, 0.15) is 0 Å². The van der Waals surface area contributed by atoms with Crippen molar-refractivity contribution in [2.75, 3.05) is 39.9 Å². The number of carbonyl (C=O) groups is 2. The SMILES string of the molecule is CCN1C(=[N+]2CCOCC2)N=C2C1C(=O)N(Cc1ccc(Cl)cc1)C(=O)N2C. The van der Waals surface area contributed by atoms with Crippen LogP contribution in [-0.4, -0.2) is 88.9 Å². The number of amides is 3. The predicted molar refractivity (Wildman–Crippen MR) is 105 cm³/mol. The highest BCUT2D eigenvalue weighted by molar-refractivity contribution is 6.30. The molecule has 1 unspecified atom stereocenters. The van der Waals surface area contributed by atoms with Crippen molar-refractivity contribution in [3.05, 3.63) is 34.9 Å². The number of nitrogens with zero attached hydrogens (tertiary/aromatic N) is 5. The van der Waals surface area contributed by atoms with Crippen LogP contribution < -0.4 is 0 Å². The molecule has 0 bridgehead atoms. The van der Waals surface area contributed by atoms with Crippen LogP contribution in [0, 0.1) is 0 Å². The van der Waals surface area contributed by atoms with Crippen LogP contribution in [0.1, 0.15) is 12.5 Å². The zero-order chi connectivity index (χ0) is 19.8. The van der Waals surface area contributed by atoms with E-state index in [4.69, 9.17) is 21.3 Å². The number of hydrogen-bond donors (Lipinski definition) is 0.